The Labute approximate surface area is 168 Å². The Hall–Kier alpha value is -2.94. The summed E-state index contributed by atoms with van der Waals surface area (Å²) in [5.41, 5.74) is 9.22. The first kappa shape index (κ1) is 19.8. The standard InChI is InChI=1S/C25H28N2O/c1-16-10-18(3)24(19(4)11-16)26-14-22-8-7-9-23(28-22)15-27-25-20(5)12-17(2)13-21(25)6/h8-15H,7H2,1-6H3. The van der Waals surface area contributed by atoms with Crippen LogP contribution < -0.4 is 0 Å². The summed E-state index contributed by atoms with van der Waals surface area (Å²) in [4.78, 5) is 9.34. The minimum atomic E-state index is 0.751. The summed E-state index contributed by atoms with van der Waals surface area (Å²) < 4.78 is 5.96. The monoisotopic (exact) mass is 372 g/mol. The number of benzene rings is 2. The molecule has 0 radical (unpaired) electrons. The highest BCUT2D eigenvalue weighted by Crippen LogP contribution is 2.27. The van der Waals surface area contributed by atoms with Crippen molar-refractivity contribution in [2.45, 2.75) is 48.0 Å². The van der Waals surface area contributed by atoms with Gasteiger partial charge in [-0.15, -0.1) is 0 Å². The third kappa shape index (κ3) is 4.66. The second-order valence-corrected chi connectivity index (χ2v) is 7.56. The zero-order valence-electron chi connectivity index (χ0n) is 17.6. The molecule has 1 heterocycles. The van der Waals surface area contributed by atoms with Crippen LogP contribution in [0.4, 0.5) is 11.4 Å². The average molecular weight is 373 g/mol. The maximum atomic E-state index is 5.96. The molecule has 3 rings (SSSR count). The SMILES string of the molecule is Cc1cc(C)c(N=CC2=CCC=C(C=Nc3c(C)cc(C)cc3C)O2)c(C)c1. The van der Waals surface area contributed by atoms with Crippen LogP contribution in [0.3, 0.4) is 0 Å². The van der Waals surface area contributed by atoms with Crippen molar-refractivity contribution in [3.05, 3.63) is 81.3 Å². The lowest BCUT2D eigenvalue weighted by molar-refractivity contribution is 0.348. The molecule has 0 saturated carbocycles. The van der Waals surface area contributed by atoms with Crippen LogP contribution in [-0.4, -0.2) is 12.4 Å². The zero-order valence-corrected chi connectivity index (χ0v) is 17.6. The molecule has 144 valence electrons. The molecule has 0 atom stereocenters. The van der Waals surface area contributed by atoms with Gasteiger partial charge < -0.3 is 4.74 Å². The zero-order chi connectivity index (χ0) is 20.3. The fourth-order valence-corrected chi connectivity index (χ4v) is 3.68. The fraction of sp³-hybridized carbons (Fsp3) is 0.280. The van der Waals surface area contributed by atoms with Crippen molar-refractivity contribution in [2.24, 2.45) is 9.98 Å². The van der Waals surface area contributed by atoms with Crippen molar-refractivity contribution >= 4 is 23.8 Å². The Kier molecular flexibility index (Phi) is 5.93. The van der Waals surface area contributed by atoms with Crippen molar-refractivity contribution in [1.82, 2.24) is 0 Å². The van der Waals surface area contributed by atoms with E-state index in [1.807, 2.05) is 12.2 Å². The van der Waals surface area contributed by atoms with Gasteiger partial charge in [-0.25, -0.2) is 0 Å². The first-order chi connectivity index (χ1) is 13.3. The molecule has 2 aromatic rings. The van der Waals surface area contributed by atoms with Gasteiger partial charge in [0.25, 0.3) is 0 Å². The van der Waals surface area contributed by atoms with Gasteiger partial charge in [-0.1, -0.05) is 35.4 Å². The van der Waals surface area contributed by atoms with Crippen LogP contribution in [-0.2, 0) is 4.74 Å². The molecule has 3 nitrogen and oxygen atoms in total. The molecule has 1 aliphatic heterocycles. The van der Waals surface area contributed by atoms with E-state index in [2.05, 4.69) is 75.8 Å². The van der Waals surface area contributed by atoms with Gasteiger partial charge in [0.15, 0.2) is 0 Å². The van der Waals surface area contributed by atoms with E-state index in [1.165, 1.54) is 33.4 Å². The number of rotatable bonds is 4. The lowest BCUT2D eigenvalue weighted by atomic mass is 10.1. The van der Waals surface area contributed by atoms with E-state index in [0.717, 1.165) is 29.3 Å². The molecular weight excluding hydrogens is 344 g/mol. The van der Waals surface area contributed by atoms with Gasteiger partial charge in [0.1, 0.15) is 11.5 Å². The Morgan fingerprint density at radius 1 is 0.643 bits per heavy atom. The van der Waals surface area contributed by atoms with E-state index in [4.69, 9.17) is 4.74 Å². The van der Waals surface area contributed by atoms with Crippen LogP contribution in [0.1, 0.15) is 39.8 Å². The third-order valence-corrected chi connectivity index (χ3v) is 4.79. The lowest BCUT2D eigenvalue weighted by Crippen LogP contribution is -2.01. The quantitative estimate of drug-likeness (QED) is 0.542. The highest BCUT2D eigenvalue weighted by molar-refractivity contribution is 5.85. The normalized spacial score (nSPS) is 14.4. The predicted molar refractivity (Wildman–Crippen MR) is 119 cm³/mol. The van der Waals surface area contributed by atoms with Gasteiger partial charge in [-0.3, -0.25) is 9.98 Å². The molecule has 0 amide bonds. The van der Waals surface area contributed by atoms with Crippen LogP contribution in [0.5, 0.6) is 0 Å². The number of allylic oxidation sites excluding steroid dienone is 4. The number of aryl methyl sites for hydroxylation is 6. The average Bonchev–Trinajstić information content (AvgIpc) is 2.60. The molecule has 28 heavy (non-hydrogen) atoms. The smallest absolute Gasteiger partial charge is 0.142 e. The minimum absolute atomic E-state index is 0.751. The molecule has 3 heteroatoms. The second-order valence-electron chi connectivity index (χ2n) is 7.56. The summed E-state index contributed by atoms with van der Waals surface area (Å²) in [7, 11) is 0. The van der Waals surface area contributed by atoms with Crippen molar-refractivity contribution in [2.75, 3.05) is 0 Å². The van der Waals surface area contributed by atoms with Gasteiger partial charge in [0, 0.05) is 0 Å². The molecular formula is C25H28N2O. The van der Waals surface area contributed by atoms with Crippen LogP contribution in [0.2, 0.25) is 0 Å². The van der Waals surface area contributed by atoms with Gasteiger partial charge in [-0.05, 0) is 82.4 Å². The summed E-state index contributed by atoms with van der Waals surface area (Å²) >= 11 is 0. The van der Waals surface area contributed by atoms with Crippen molar-refractivity contribution < 1.29 is 4.74 Å². The lowest BCUT2D eigenvalue weighted by Gasteiger charge is -2.12. The van der Waals surface area contributed by atoms with E-state index in [1.54, 1.807) is 12.4 Å². The summed E-state index contributed by atoms with van der Waals surface area (Å²) in [6.07, 6.45) is 8.46. The van der Waals surface area contributed by atoms with Crippen molar-refractivity contribution in [3.8, 4) is 0 Å². The number of hydrogen-bond donors (Lipinski definition) is 0. The third-order valence-electron chi connectivity index (χ3n) is 4.79. The summed E-state index contributed by atoms with van der Waals surface area (Å²) in [5, 5.41) is 0. The van der Waals surface area contributed by atoms with Crippen molar-refractivity contribution in [1.29, 1.82) is 0 Å². The molecule has 0 fully saturated rings. The van der Waals surface area contributed by atoms with Crippen LogP contribution in [0.15, 0.2) is 57.9 Å². The second kappa shape index (κ2) is 8.39. The summed E-state index contributed by atoms with van der Waals surface area (Å²) in [6, 6.07) is 8.61. The molecule has 0 aromatic heterocycles. The van der Waals surface area contributed by atoms with Gasteiger partial charge in [-0.2, -0.15) is 0 Å². The van der Waals surface area contributed by atoms with Crippen molar-refractivity contribution in [3.63, 3.8) is 0 Å². The Morgan fingerprint density at radius 2 is 1.00 bits per heavy atom. The van der Waals surface area contributed by atoms with E-state index in [0.29, 0.717) is 0 Å². The molecule has 0 N–H and O–H groups in total. The first-order valence-electron chi connectivity index (χ1n) is 9.65. The van der Waals surface area contributed by atoms with E-state index < -0.39 is 0 Å². The number of aliphatic imine (C=N–C) groups is 2. The van der Waals surface area contributed by atoms with E-state index >= 15 is 0 Å². The molecule has 0 bridgehead atoms. The highest BCUT2D eigenvalue weighted by atomic mass is 16.5. The fourth-order valence-electron chi connectivity index (χ4n) is 3.68. The van der Waals surface area contributed by atoms with Gasteiger partial charge in [0.2, 0.25) is 0 Å². The van der Waals surface area contributed by atoms with E-state index in [9.17, 15) is 0 Å². The Morgan fingerprint density at radius 3 is 1.36 bits per heavy atom. The maximum Gasteiger partial charge on any atom is 0.142 e. The summed E-state index contributed by atoms with van der Waals surface area (Å²) in [6.45, 7) is 12.6. The van der Waals surface area contributed by atoms with Gasteiger partial charge >= 0.3 is 0 Å². The molecule has 0 saturated heterocycles. The number of hydrogen-bond acceptors (Lipinski definition) is 3. The van der Waals surface area contributed by atoms with Gasteiger partial charge in [0.05, 0.1) is 23.8 Å². The topological polar surface area (TPSA) is 34.0 Å². The summed E-state index contributed by atoms with van der Waals surface area (Å²) in [5.74, 6) is 1.50. The molecule has 2 aromatic carbocycles. The molecule has 0 aliphatic carbocycles. The predicted octanol–water partition coefficient (Wildman–Crippen LogP) is 6.83. The maximum absolute atomic E-state index is 5.96. The molecule has 0 spiro atoms. The highest BCUT2D eigenvalue weighted by Gasteiger charge is 2.08. The van der Waals surface area contributed by atoms with Crippen LogP contribution in [0.25, 0.3) is 0 Å². The molecule has 1 aliphatic rings. The Balaban J connectivity index is 1.73. The number of ether oxygens (including phenoxy) is 1. The van der Waals surface area contributed by atoms with Crippen LogP contribution in [0, 0.1) is 41.5 Å². The Bertz CT molecular complexity index is 895. The molecule has 0 unspecified atom stereocenters. The first-order valence-corrected chi connectivity index (χ1v) is 9.65. The van der Waals surface area contributed by atoms with Crippen LogP contribution >= 0.6 is 0 Å². The van der Waals surface area contributed by atoms with E-state index in [-0.39, 0.29) is 0 Å². The largest absolute Gasteiger partial charge is 0.455 e. The number of nitrogens with zero attached hydrogens (tertiary/aromatic N) is 2. The minimum Gasteiger partial charge on any atom is -0.455 e.